The zero-order valence-corrected chi connectivity index (χ0v) is 13.6. The van der Waals surface area contributed by atoms with Gasteiger partial charge in [0.15, 0.2) is 0 Å². The average molecular weight is 447 g/mol. The lowest BCUT2D eigenvalue weighted by Crippen LogP contribution is -2.02. The molecule has 1 N–H and O–H groups in total. The van der Waals surface area contributed by atoms with Crippen molar-refractivity contribution in [3.63, 3.8) is 0 Å². The van der Waals surface area contributed by atoms with Crippen LogP contribution in [0.15, 0.2) is 28.1 Å². The second kappa shape index (κ2) is 5.52. The van der Waals surface area contributed by atoms with E-state index in [1.54, 1.807) is 6.07 Å². The van der Waals surface area contributed by atoms with Gasteiger partial charge in [0.25, 0.3) is 0 Å². The molecule has 1 heterocycles. The molecule has 1 atom stereocenters. The SMILES string of the molecule is OC(c1csc(I)c1)c1ccc(Br)c(Cl)c1F. The molecule has 1 aromatic heterocycles. The standard InChI is InChI=1S/C11H6BrClFIOS/c12-7-2-1-6(10(14)9(7)13)11(16)5-3-8(15)17-4-5/h1-4,11,16H. The minimum Gasteiger partial charge on any atom is -0.384 e. The number of aliphatic hydroxyl groups is 1. The van der Waals surface area contributed by atoms with Gasteiger partial charge in [-0.2, -0.15) is 0 Å². The van der Waals surface area contributed by atoms with Crippen molar-refractivity contribution < 1.29 is 9.50 Å². The minimum atomic E-state index is -0.986. The van der Waals surface area contributed by atoms with Crippen LogP contribution in [0.4, 0.5) is 4.39 Å². The fourth-order valence-corrected chi connectivity index (χ4v) is 3.27. The molecular weight excluding hydrogens is 441 g/mol. The summed E-state index contributed by atoms with van der Waals surface area (Å²) in [6.07, 6.45) is -0.986. The third-order valence-corrected chi connectivity index (χ3v) is 5.33. The van der Waals surface area contributed by atoms with Crippen molar-refractivity contribution in [3.05, 3.63) is 52.9 Å². The molecule has 0 saturated carbocycles. The maximum atomic E-state index is 13.9. The first-order valence-electron chi connectivity index (χ1n) is 4.56. The molecule has 0 aliphatic rings. The molecule has 0 radical (unpaired) electrons. The summed E-state index contributed by atoms with van der Waals surface area (Å²) < 4.78 is 15.4. The van der Waals surface area contributed by atoms with Crippen molar-refractivity contribution in [2.45, 2.75) is 6.10 Å². The summed E-state index contributed by atoms with van der Waals surface area (Å²) in [6, 6.07) is 4.98. The quantitative estimate of drug-likeness (QED) is 0.508. The van der Waals surface area contributed by atoms with Crippen molar-refractivity contribution in [1.82, 2.24) is 0 Å². The maximum absolute atomic E-state index is 13.9. The van der Waals surface area contributed by atoms with E-state index in [0.29, 0.717) is 10.0 Å². The Morgan fingerprint density at radius 3 is 2.76 bits per heavy atom. The molecule has 0 aliphatic heterocycles. The molecule has 0 fully saturated rings. The van der Waals surface area contributed by atoms with E-state index >= 15 is 0 Å². The number of hydrogen-bond acceptors (Lipinski definition) is 2. The lowest BCUT2D eigenvalue weighted by Gasteiger charge is -2.12. The number of benzene rings is 1. The maximum Gasteiger partial charge on any atom is 0.149 e. The van der Waals surface area contributed by atoms with Crippen LogP contribution < -0.4 is 0 Å². The van der Waals surface area contributed by atoms with Crippen LogP contribution >= 0.6 is 61.5 Å². The normalized spacial score (nSPS) is 12.8. The van der Waals surface area contributed by atoms with Gasteiger partial charge >= 0.3 is 0 Å². The van der Waals surface area contributed by atoms with Gasteiger partial charge in [-0.15, -0.1) is 11.3 Å². The van der Waals surface area contributed by atoms with Gasteiger partial charge in [-0.25, -0.2) is 4.39 Å². The minimum absolute atomic E-state index is 0.00789. The van der Waals surface area contributed by atoms with Crippen LogP contribution in [0.2, 0.25) is 5.02 Å². The van der Waals surface area contributed by atoms with E-state index in [9.17, 15) is 9.50 Å². The van der Waals surface area contributed by atoms with Gasteiger partial charge in [-0.1, -0.05) is 17.7 Å². The Morgan fingerprint density at radius 1 is 1.47 bits per heavy atom. The molecule has 0 bridgehead atoms. The molecule has 1 unspecified atom stereocenters. The summed E-state index contributed by atoms with van der Waals surface area (Å²) in [6.45, 7) is 0. The van der Waals surface area contributed by atoms with E-state index in [1.807, 2.05) is 11.4 Å². The highest BCUT2D eigenvalue weighted by molar-refractivity contribution is 14.1. The third kappa shape index (κ3) is 2.84. The summed E-state index contributed by atoms with van der Waals surface area (Å²) in [5.74, 6) is -0.588. The average Bonchev–Trinajstić information content (AvgIpc) is 2.72. The largest absolute Gasteiger partial charge is 0.384 e. The fourth-order valence-electron chi connectivity index (χ4n) is 1.40. The fraction of sp³-hybridized carbons (Fsp3) is 0.0909. The van der Waals surface area contributed by atoms with E-state index in [2.05, 4.69) is 38.5 Å². The Balaban J connectivity index is 2.44. The van der Waals surface area contributed by atoms with Gasteiger partial charge in [-0.3, -0.25) is 0 Å². The predicted octanol–water partition coefficient (Wildman–Crippen LogP) is 4.99. The number of thiophene rings is 1. The van der Waals surface area contributed by atoms with Crippen LogP contribution in [0.25, 0.3) is 0 Å². The molecular formula is C11H6BrClFIOS. The van der Waals surface area contributed by atoms with Gasteiger partial charge in [0.05, 0.1) is 7.91 Å². The van der Waals surface area contributed by atoms with Gasteiger partial charge in [0.1, 0.15) is 11.9 Å². The lowest BCUT2D eigenvalue weighted by molar-refractivity contribution is 0.215. The van der Waals surface area contributed by atoms with Crippen LogP contribution in [0.1, 0.15) is 17.2 Å². The number of hydrogen-bond donors (Lipinski definition) is 1. The summed E-state index contributed by atoms with van der Waals surface area (Å²) in [5.41, 5.74) is 0.865. The van der Waals surface area contributed by atoms with Gasteiger partial charge in [0.2, 0.25) is 0 Å². The monoisotopic (exact) mass is 446 g/mol. The van der Waals surface area contributed by atoms with Gasteiger partial charge < -0.3 is 5.11 Å². The summed E-state index contributed by atoms with van der Waals surface area (Å²) in [7, 11) is 0. The highest BCUT2D eigenvalue weighted by atomic mass is 127. The molecule has 1 nitrogen and oxygen atoms in total. The van der Waals surface area contributed by atoms with Crippen LogP contribution in [-0.2, 0) is 0 Å². The molecule has 6 heteroatoms. The Hall–Kier alpha value is 0.310. The highest BCUT2D eigenvalue weighted by Crippen LogP contribution is 2.34. The van der Waals surface area contributed by atoms with E-state index in [-0.39, 0.29) is 10.6 Å². The van der Waals surface area contributed by atoms with Crippen molar-refractivity contribution in [1.29, 1.82) is 0 Å². The summed E-state index contributed by atoms with van der Waals surface area (Å²) >= 11 is 12.6. The van der Waals surface area contributed by atoms with Crippen molar-refractivity contribution in [3.8, 4) is 0 Å². The first-order chi connectivity index (χ1) is 8.00. The molecule has 0 aliphatic carbocycles. The van der Waals surface area contributed by atoms with Gasteiger partial charge in [0, 0.05) is 10.0 Å². The molecule has 0 amide bonds. The van der Waals surface area contributed by atoms with Crippen molar-refractivity contribution in [2.24, 2.45) is 0 Å². The molecule has 2 aromatic rings. The zero-order chi connectivity index (χ0) is 12.6. The lowest BCUT2D eigenvalue weighted by atomic mass is 10.0. The first kappa shape index (κ1) is 13.7. The van der Waals surface area contributed by atoms with Crippen molar-refractivity contribution >= 4 is 61.5 Å². The second-order valence-corrected chi connectivity index (χ2v) is 7.39. The Kier molecular flexibility index (Phi) is 4.46. The Labute approximate surface area is 129 Å². The molecule has 2 rings (SSSR count). The Bertz CT molecular complexity index is 560. The first-order valence-corrected chi connectivity index (χ1v) is 7.69. The number of halogens is 4. The van der Waals surface area contributed by atoms with Crippen LogP contribution in [0.5, 0.6) is 0 Å². The summed E-state index contributed by atoms with van der Waals surface area (Å²) in [5, 5.41) is 11.9. The third-order valence-electron chi connectivity index (χ3n) is 2.26. The van der Waals surface area contributed by atoms with E-state index in [0.717, 1.165) is 2.88 Å². The molecule has 17 heavy (non-hydrogen) atoms. The Morgan fingerprint density at radius 2 is 2.18 bits per heavy atom. The van der Waals surface area contributed by atoms with E-state index in [4.69, 9.17) is 11.6 Å². The molecule has 90 valence electrons. The van der Waals surface area contributed by atoms with E-state index < -0.39 is 11.9 Å². The molecule has 1 aromatic carbocycles. The van der Waals surface area contributed by atoms with Crippen LogP contribution in [-0.4, -0.2) is 5.11 Å². The molecule has 0 spiro atoms. The number of aliphatic hydroxyl groups excluding tert-OH is 1. The second-order valence-electron chi connectivity index (χ2n) is 3.35. The molecule has 0 saturated heterocycles. The summed E-state index contributed by atoms with van der Waals surface area (Å²) in [4.78, 5) is 0. The highest BCUT2D eigenvalue weighted by Gasteiger charge is 2.19. The topological polar surface area (TPSA) is 20.2 Å². The van der Waals surface area contributed by atoms with E-state index in [1.165, 1.54) is 17.4 Å². The zero-order valence-electron chi connectivity index (χ0n) is 8.25. The van der Waals surface area contributed by atoms with Crippen LogP contribution in [0, 0.1) is 8.70 Å². The predicted molar refractivity (Wildman–Crippen MR) is 80.2 cm³/mol. The van der Waals surface area contributed by atoms with Gasteiger partial charge in [-0.05, 0) is 61.6 Å². The van der Waals surface area contributed by atoms with Crippen molar-refractivity contribution in [2.75, 3.05) is 0 Å². The van der Waals surface area contributed by atoms with Crippen LogP contribution in [0.3, 0.4) is 0 Å². The number of rotatable bonds is 2. The smallest absolute Gasteiger partial charge is 0.149 e.